The Balaban J connectivity index is 2.12. The predicted molar refractivity (Wildman–Crippen MR) is 96.4 cm³/mol. The zero-order valence-corrected chi connectivity index (χ0v) is 13.9. The highest BCUT2D eigenvalue weighted by atomic mass is 16.6. The summed E-state index contributed by atoms with van der Waals surface area (Å²) in [5.41, 5.74) is 3.12. The van der Waals surface area contributed by atoms with E-state index in [9.17, 15) is 15.4 Å². The second-order valence-corrected chi connectivity index (χ2v) is 5.86. The van der Waals surface area contributed by atoms with Crippen molar-refractivity contribution in [3.8, 4) is 6.07 Å². The van der Waals surface area contributed by atoms with Crippen LogP contribution in [0.1, 0.15) is 16.8 Å². The van der Waals surface area contributed by atoms with Crippen LogP contribution >= 0.6 is 0 Å². The molecule has 0 aliphatic rings. The Morgan fingerprint density at radius 3 is 2.76 bits per heavy atom. The number of anilines is 1. The molecule has 0 spiro atoms. The maximum Gasteiger partial charge on any atom is 0.278 e. The van der Waals surface area contributed by atoms with Crippen LogP contribution in [0.3, 0.4) is 0 Å². The van der Waals surface area contributed by atoms with Crippen LogP contribution in [-0.4, -0.2) is 17.0 Å². The monoisotopic (exact) mass is 332 g/mol. The molecule has 1 aromatic heterocycles. The summed E-state index contributed by atoms with van der Waals surface area (Å²) in [7, 11) is 1.93. The Kier molecular flexibility index (Phi) is 4.31. The number of nitrogens with zero attached hydrogens (tertiary/aromatic N) is 4. The molecule has 1 heterocycles. The van der Waals surface area contributed by atoms with Gasteiger partial charge in [-0.1, -0.05) is 12.1 Å². The third-order valence-electron chi connectivity index (χ3n) is 4.10. The number of fused-ring (bicyclic) bond motifs is 1. The maximum absolute atomic E-state index is 11.4. The van der Waals surface area contributed by atoms with Crippen molar-refractivity contribution >= 4 is 22.1 Å². The molecule has 0 bridgehead atoms. The summed E-state index contributed by atoms with van der Waals surface area (Å²) in [6.07, 6.45) is 1.76. The molecule has 0 amide bonds. The van der Waals surface area contributed by atoms with Crippen molar-refractivity contribution in [1.29, 1.82) is 5.26 Å². The van der Waals surface area contributed by atoms with Crippen molar-refractivity contribution in [1.82, 2.24) is 4.98 Å². The molecule has 124 valence electrons. The SMILES string of the molecule is Cc1cc(CN(C)c2ccc([N+](=O)[O-])c3c(C#N)cccc23)ccn1. The van der Waals surface area contributed by atoms with Crippen LogP contribution < -0.4 is 4.90 Å². The van der Waals surface area contributed by atoms with Crippen LogP contribution in [0.4, 0.5) is 11.4 Å². The molecule has 0 aliphatic heterocycles. The van der Waals surface area contributed by atoms with Gasteiger partial charge in [0.05, 0.1) is 15.9 Å². The van der Waals surface area contributed by atoms with E-state index < -0.39 is 4.92 Å². The lowest BCUT2D eigenvalue weighted by atomic mass is 10.0. The second kappa shape index (κ2) is 6.57. The Morgan fingerprint density at radius 2 is 2.08 bits per heavy atom. The summed E-state index contributed by atoms with van der Waals surface area (Å²) < 4.78 is 0. The number of nitriles is 1. The van der Waals surface area contributed by atoms with E-state index in [0.717, 1.165) is 16.9 Å². The molecule has 0 fully saturated rings. The number of hydrogen-bond acceptors (Lipinski definition) is 5. The Morgan fingerprint density at radius 1 is 1.28 bits per heavy atom. The maximum atomic E-state index is 11.4. The fourth-order valence-electron chi connectivity index (χ4n) is 3.01. The molecule has 2 aromatic carbocycles. The van der Waals surface area contributed by atoms with Gasteiger partial charge in [0.2, 0.25) is 0 Å². The molecular weight excluding hydrogens is 316 g/mol. The first-order valence-corrected chi connectivity index (χ1v) is 7.74. The number of hydrogen-bond donors (Lipinski definition) is 0. The Labute approximate surface area is 145 Å². The summed E-state index contributed by atoms with van der Waals surface area (Å²) in [6.45, 7) is 2.57. The predicted octanol–water partition coefficient (Wildman–Crippen LogP) is 3.96. The summed E-state index contributed by atoms with van der Waals surface area (Å²) >= 11 is 0. The minimum absolute atomic E-state index is 0.0518. The Bertz CT molecular complexity index is 1010. The van der Waals surface area contributed by atoms with Gasteiger partial charge >= 0.3 is 0 Å². The molecule has 3 rings (SSSR count). The van der Waals surface area contributed by atoms with Crippen LogP contribution in [0.15, 0.2) is 48.7 Å². The topological polar surface area (TPSA) is 83.1 Å². The molecule has 0 saturated carbocycles. The average Bonchev–Trinajstić information content (AvgIpc) is 2.59. The van der Waals surface area contributed by atoms with E-state index in [1.807, 2.05) is 37.1 Å². The number of pyridine rings is 1. The molecule has 0 saturated heterocycles. The molecule has 6 heteroatoms. The van der Waals surface area contributed by atoms with Crippen molar-refractivity contribution in [3.05, 3.63) is 75.6 Å². The van der Waals surface area contributed by atoms with Gasteiger partial charge in [0.15, 0.2) is 0 Å². The number of aromatic nitrogens is 1. The fraction of sp³-hybridized carbons (Fsp3) is 0.158. The third kappa shape index (κ3) is 3.12. The number of rotatable bonds is 4. The van der Waals surface area contributed by atoms with E-state index in [0.29, 0.717) is 22.9 Å². The van der Waals surface area contributed by atoms with E-state index in [-0.39, 0.29) is 5.69 Å². The number of non-ortho nitro benzene ring substituents is 1. The van der Waals surface area contributed by atoms with E-state index >= 15 is 0 Å². The zero-order valence-electron chi connectivity index (χ0n) is 13.9. The molecule has 3 aromatic rings. The van der Waals surface area contributed by atoms with Crippen molar-refractivity contribution < 1.29 is 4.92 Å². The Hall–Kier alpha value is -3.46. The molecule has 0 radical (unpaired) electrons. The number of nitro benzene ring substituents is 1. The highest BCUT2D eigenvalue weighted by Gasteiger charge is 2.19. The highest BCUT2D eigenvalue weighted by Crippen LogP contribution is 2.35. The van der Waals surface area contributed by atoms with Crippen LogP contribution in [0.5, 0.6) is 0 Å². The van der Waals surface area contributed by atoms with Gasteiger partial charge in [0.25, 0.3) is 5.69 Å². The molecular formula is C19H16N4O2. The quantitative estimate of drug-likeness (QED) is 0.533. The molecule has 6 nitrogen and oxygen atoms in total. The van der Waals surface area contributed by atoms with E-state index in [4.69, 9.17) is 0 Å². The molecule has 0 unspecified atom stereocenters. The van der Waals surface area contributed by atoms with Gasteiger partial charge in [0, 0.05) is 42.6 Å². The van der Waals surface area contributed by atoms with Crippen molar-refractivity contribution in [2.45, 2.75) is 13.5 Å². The standard InChI is InChI=1S/C19H16N4O2/c1-13-10-14(8-9-21-13)12-22(2)17-6-7-18(23(24)25)19-15(11-20)4-3-5-16(17)19/h3-10H,12H2,1-2H3. The summed E-state index contributed by atoms with van der Waals surface area (Å²) in [5, 5.41) is 21.8. The van der Waals surface area contributed by atoms with Crippen LogP contribution in [0.25, 0.3) is 10.8 Å². The van der Waals surface area contributed by atoms with Gasteiger partial charge in [0.1, 0.15) is 6.07 Å². The van der Waals surface area contributed by atoms with Gasteiger partial charge in [-0.15, -0.1) is 0 Å². The third-order valence-corrected chi connectivity index (χ3v) is 4.10. The van der Waals surface area contributed by atoms with E-state index in [1.165, 1.54) is 6.07 Å². The summed E-state index contributed by atoms with van der Waals surface area (Å²) in [5.74, 6) is 0. The van der Waals surface area contributed by atoms with Crippen molar-refractivity contribution in [3.63, 3.8) is 0 Å². The highest BCUT2D eigenvalue weighted by molar-refractivity contribution is 6.03. The molecule has 0 aliphatic carbocycles. The normalized spacial score (nSPS) is 10.4. The van der Waals surface area contributed by atoms with E-state index in [1.54, 1.807) is 24.4 Å². The van der Waals surface area contributed by atoms with E-state index in [2.05, 4.69) is 11.1 Å². The second-order valence-electron chi connectivity index (χ2n) is 5.86. The van der Waals surface area contributed by atoms with Crippen LogP contribution in [0, 0.1) is 28.4 Å². The van der Waals surface area contributed by atoms with Gasteiger partial charge < -0.3 is 4.90 Å². The zero-order chi connectivity index (χ0) is 18.0. The minimum atomic E-state index is -0.445. The molecule has 25 heavy (non-hydrogen) atoms. The largest absolute Gasteiger partial charge is 0.370 e. The lowest BCUT2D eigenvalue weighted by Crippen LogP contribution is -2.17. The van der Waals surface area contributed by atoms with Gasteiger partial charge in [-0.25, -0.2) is 0 Å². The van der Waals surface area contributed by atoms with Crippen LogP contribution in [0.2, 0.25) is 0 Å². The first kappa shape index (κ1) is 16.4. The first-order valence-electron chi connectivity index (χ1n) is 7.74. The number of nitro groups is 1. The lowest BCUT2D eigenvalue weighted by molar-refractivity contribution is -0.383. The first-order chi connectivity index (χ1) is 12.0. The van der Waals surface area contributed by atoms with Crippen LogP contribution in [-0.2, 0) is 6.54 Å². The number of benzene rings is 2. The number of aryl methyl sites for hydroxylation is 1. The van der Waals surface area contributed by atoms with Crippen molar-refractivity contribution in [2.24, 2.45) is 0 Å². The molecule has 0 atom stereocenters. The molecule has 0 N–H and O–H groups in total. The lowest BCUT2D eigenvalue weighted by Gasteiger charge is -2.21. The van der Waals surface area contributed by atoms with Gasteiger partial charge in [-0.3, -0.25) is 15.1 Å². The minimum Gasteiger partial charge on any atom is -0.370 e. The van der Waals surface area contributed by atoms with Gasteiger partial charge in [-0.05, 0) is 36.8 Å². The summed E-state index contributed by atoms with van der Waals surface area (Å²) in [6, 6.07) is 14.4. The van der Waals surface area contributed by atoms with Gasteiger partial charge in [-0.2, -0.15) is 5.26 Å². The smallest absolute Gasteiger partial charge is 0.278 e. The fourth-order valence-corrected chi connectivity index (χ4v) is 3.01. The average molecular weight is 332 g/mol. The summed E-state index contributed by atoms with van der Waals surface area (Å²) in [4.78, 5) is 17.1. The van der Waals surface area contributed by atoms with Crippen molar-refractivity contribution in [2.75, 3.05) is 11.9 Å².